The summed E-state index contributed by atoms with van der Waals surface area (Å²) in [6.07, 6.45) is 3.52. The molecule has 0 heterocycles. The van der Waals surface area contributed by atoms with E-state index in [-0.39, 0.29) is 6.04 Å². The van der Waals surface area contributed by atoms with Crippen molar-refractivity contribution >= 4 is 23.2 Å². The van der Waals surface area contributed by atoms with Crippen LogP contribution in [-0.2, 0) is 0 Å². The van der Waals surface area contributed by atoms with E-state index in [1.54, 1.807) is 0 Å². The quantitative estimate of drug-likeness (QED) is 0.825. The Morgan fingerprint density at radius 1 is 1.17 bits per heavy atom. The molecule has 0 aliphatic heterocycles. The predicted octanol–water partition coefficient (Wildman–Crippen LogP) is 4.86. The normalized spacial score (nSPS) is 28.7. The summed E-state index contributed by atoms with van der Waals surface area (Å²) in [6.45, 7) is 4.60. The van der Waals surface area contributed by atoms with Gasteiger partial charge in [-0.2, -0.15) is 0 Å². The predicted molar refractivity (Wildman–Crippen MR) is 79.4 cm³/mol. The molecule has 3 atom stereocenters. The van der Waals surface area contributed by atoms with Crippen LogP contribution in [0.25, 0.3) is 0 Å². The Hall–Kier alpha value is -0.240. The summed E-state index contributed by atoms with van der Waals surface area (Å²) in [5, 5.41) is 1.25. The fourth-order valence-corrected chi connectivity index (χ4v) is 3.26. The second-order valence-electron chi connectivity index (χ2n) is 5.76. The largest absolute Gasteiger partial charge is 0.327 e. The minimum Gasteiger partial charge on any atom is -0.327 e. The average molecular weight is 286 g/mol. The maximum Gasteiger partial charge on any atom is 0.0595 e. The number of nitrogens with two attached hydrogens (primary N) is 1. The Kier molecular flexibility index (Phi) is 4.58. The van der Waals surface area contributed by atoms with Crippen molar-refractivity contribution in [3.05, 3.63) is 33.8 Å². The first-order valence-corrected chi connectivity index (χ1v) is 7.45. The van der Waals surface area contributed by atoms with Crippen molar-refractivity contribution in [3.63, 3.8) is 0 Å². The lowest BCUT2D eigenvalue weighted by Gasteiger charge is -2.36. The van der Waals surface area contributed by atoms with Gasteiger partial charge in [0.15, 0.2) is 0 Å². The molecule has 2 N–H and O–H groups in total. The molecule has 1 nitrogen and oxygen atoms in total. The van der Waals surface area contributed by atoms with E-state index < -0.39 is 0 Å². The number of halogens is 2. The zero-order valence-corrected chi connectivity index (χ0v) is 12.5. The smallest absolute Gasteiger partial charge is 0.0595 e. The molecular weight excluding hydrogens is 265 g/mol. The van der Waals surface area contributed by atoms with Gasteiger partial charge in [0.05, 0.1) is 10.0 Å². The fourth-order valence-electron chi connectivity index (χ4n) is 2.96. The van der Waals surface area contributed by atoms with E-state index in [4.69, 9.17) is 28.9 Å². The standard InChI is InChI=1S/C15H21Cl2N/c1-9(2)10-4-6-15(18)12(7-10)11-3-5-13(16)14(17)8-11/h3,5,8-10,12,15H,4,6-7,18H2,1-2H3. The van der Waals surface area contributed by atoms with Crippen molar-refractivity contribution in [2.75, 3.05) is 0 Å². The molecule has 0 aromatic heterocycles. The highest BCUT2D eigenvalue weighted by Crippen LogP contribution is 2.40. The van der Waals surface area contributed by atoms with Crippen LogP contribution in [0.5, 0.6) is 0 Å². The van der Waals surface area contributed by atoms with E-state index in [1.165, 1.54) is 12.0 Å². The number of hydrogen-bond acceptors (Lipinski definition) is 1. The van der Waals surface area contributed by atoms with Gasteiger partial charge >= 0.3 is 0 Å². The van der Waals surface area contributed by atoms with Crippen molar-refractivity contribution < 1.29 is 0 Å². The van der Waals surface area contributed by atoms with Crippen LogP contribution in [0.3, 0.4) is 0 Å². The third kappa shape index (κ3) is 3.01. The zero-order valence-electron chi connectivity index (χ0n) is 11.0. The first-order valence-electron chi connectivity index (χ1n) is 6.69. The minimum absolute atomic E-state index is 0.247. The van der Waals surface area contributed by atoms with Crippen LogP contribution in [0.1, 0.15) is 44.6 Å². The molecule has 2 rings (SSSR count). The monoisotopic (exact) mass is 285 g/mol. The second-order valence-corrected chi connectivity index (χ2v) is 6.58. The van der Waals surface area contributed by atoms with E-state index in [0.29, 0.717) is 16.0 Å². The molecule has 0 bridgehead atoms. The molecule has 18 heavy (non-hydrogen) atoms. The maximum atomic E-state index is 6.29. The fraction of sp³-hybridized carbons (Fsp3) is 0.600. The Morgan fingerprint density at radius 2 is 1.89 bits per heavy atom. The van der Waals surface area contributed by atoms with Crippen LogP contribution in [0.2, 0.25) is 10.0 Å². The Labute approximate surface area is 120 Å². The van der Waals surface area contributed by atoms with Crippen LogP contribution in [-0.4, -0.2) is 6.04 Å². The maximum absolute atomic E-state index is 6.29. The highest BCUT2D eigenvalue weighted by molar-refractivity contribution is 6.42. The summed E-state index contributed by atoms with van der Waals surface area (Å²) >= 11 is 12.1. The van der Waals surface area contributed by atoms with Crippen molar-refractivity contribution in [1.29, 1.82) is 0 Å². The van der Waals surface area contributed by atoms with E-state index in [1.807, 2.05) is 12.1 Å². The third-order valence-electron chi connectivity index (χ3n) is 4.26. The van der Waals surface area contributed by atoms with Gasteiger partial charge in [0, 0.05) is 6.04 Å². The van der Waals surface area contributed by atoms with Crippen LogP contribution in [0, 0.1) is 11.8 Å². The molecule has 0 amide bonds. The highest BCUT2D eigenvalue weighted by atomic mass is 35.5. The molecule has 1 aromatic carbocycles. The lowest BCUT2D eigenvalue weighted by molar-refractivity contribution is 0.232. The average Bonchev–Trinajstić information content (AvgIpc) is 2.33. The van der Waals surface area contributed by atoms with E-state index in [2.05, 4.69) is 19.9 Å². The Bertz CT molecular complexity index is 417. The van der Waals surface area contributed by atoms with Gasteiger partial charge in [-0.3, -0.25) is 0 Å². The summed E-state index contributed by atoms with van der Waals surface area (Å²) in [7, 11) is 0. The Balaban J connectivity index is 2.21. The van der Waals surface area contributed by atoms with E-state index >= 15 is 0 Å². The molecular formula is C15H21Cl2N. The van der Waals surface area contributed by atoms with E-state index in [9.17, 15) is 0 Å². The first-order chi connectivity index (χ1) is 8.49. The van der Waals surface area contributed by atoms with Crippen molar-refractivity contribution in [2.45, 2.75) is 45.1 Å². The zero-order chi connectivity index (χ0) is 13.3. The van der Waals surface area contributed by atoms with Gasteiger partial charge in [0.2, 0.25) is 0 Å². The summed E-state index contributed by atoms with van der Waals surface area (Å²) in [4.78, 5) is 0. The van der Waals surface area contributed by atoms with Gasteiger partial charge in [-0.05, 0) is 54.7 Å². The third-order valence-corrected chi connectivity index (χ3v) is 5.00. The lowest BCUT2D eigenvalue weighted by Crippen LogP contribution is -2.35. The summed E-state index contributed by atoms with van der Waals surface area (Å²) < 4.78 is 0. The van der Waals surface area contributed by atoms with Gasteiger partial charge in [0.25, 0.3) is 0 Å². The van der Waals surface area contributed by atoms with Gasteiger partial charge in [0.1, 0.15) is 0 Å². The number of hydrogen-bond donors (Lipinski definition) is 1. The van der Waals surface area contributed by atoms with Crippen LogP contribution in [0.15, 0.2) is 18.2 Å². The van der Waals surface area contributed by atoms with Gasteiger partial charge in [-0.15, -0.1) is 0 Å². The molecule has 0 spiro atoms. The molecule has 100 valence electrons. The van der Waals surface area contributed by atoms with Crippen LogP contribution in [0.4, 0.5) is 0 Å². The van der Waals surface area contributed by atoms with Crippen molar-refractivity contribution in [3.8, 4) is 0 Å². The van der Waals surface area contributed by atoms with Gasteiger partial charge < -0.3 is 5.73 Å². The van der Waals surface area contributed by atoms with E-state index in [0.717, 1.165) is 24.7 Å². The van der Waals surface area contributed by atoms with Gasteiger partial charge in [-0.1, -0.05) is 43.1 Å². The second kappa shape index (κ2) is 5.81. The van der Waals surface area contributed by atoms with Crippen LogP contribution < -0.4 is 5.73 Å². The highest BCUT2D eigenvalue weighted by Gasteiger charge is 2.30. The number of benzene rings is 1. The molecule has 0 radical (unpaired) electrons. The molecule has 3 heteroatoms. The molecule has 1 aliphatic rings. The summed E-state index contributed by atoms with van der Waals surface area (Å²) in [6, 6.07) is 6.18. The first kappa shape index (κ1) is 14.2. The molecule has 1 saturated carbocycles. The number of rotatable bonds is 2. The minimum atomic E-state index is 0.247. The molecule has 0 saturated heterocycles. The molecule has 3 unspecified atom stereocenters. The summed E-state index contributed by atoms with van der Waals surface area (Å²) in [5.74, 6) is 1.91. The molecule has 1 aliphatic carbocycles. The van der Waals surface area contributed by atoms with Crippen molar-refractivity contribution in [2.24, 2.45) is 17.6 Å². The van der Waals surface area contributed by atoms with Gasteiger partial charge in [-0.25, -0.2) is 0 Å². The molecule has 1 fully saturated rings. The van der Waals surface area contributed by atoms with Crippen LogP contribution >= 0.6 is 23.2 Å². The topological polar surface area (TPSA) is 26.0 Å². The molecule has 1 aromatic rings. The SMILES string of the molecule is CC(C)C1CCC(N)C(c2ccc(Cl)c(Cl)c2)C1. The van der Waals surface area contributed by atoms with Crippen molar-refractivity contribution in [1.82, 2.24) is 0 Å². The summed E-state index contributed by atoms with van der Waals surface area (Å²) in [5.41, 5.74) is 7.52. The lowest BCUT2D eigenvalue weighted by atomic mass is 9.71. The Morgan fingerprint density at radius 3 is 2.50 bits per heavy atom.